The first kappa shape index (κ1) is 12.5. The van der Waals surface area contributed by atoms with Gasteiger partial charge in [-0.3, -0.25) is 4.98 Å². The van der Waals surface area contributed by atoms with Gasteiger partial charge < -0.3 is 0 Å². The first-order valence-electron chi connectivity index (χ1n) is 5.99. The molecule has 3 aromatic rings. The zero-order valence-corrected chi connectivity index (χ0v) is 11.6. The molecule has 1 heterocycles. The second-order valence-corrected chi connectivity index (χ2v) is 5.20. The van der Waals surface area contributed by atoms with Gasteiger partial charge >= 0.3 is 0 Å². The van der Waals surface area contributed by atoms with Crippen molar-refractivity contribution in [3.8, 4) is 0 Å². The number of pyridine rings is 1. The topological polar surface area (TPSA) is 12.9 Å². The van der Waals surface area contributed by atoms with E-state index < -0.39 is 0 Å². The Morgan fingerprint density at radius 3 is 2.42 bits per heavy atom. The average Bonchev–Trinajstić information content (AvgIpc) is 2.47. The molecule has 0 fully saturated rings. The molecule has 3 rings (SSSR count). The van der Waals surface area contributed by atoms with Crippen LogP contribution in [0.5, 0.6) is 0 Å². The molecule has 0 saturated carbocycles. The maximum atomic E-state index is 6.59. The van der Waals surface area contributed by atoms with Crippen LogP contribution < -0.4 is 0 Å². The molecule has 0 saturated heterocycles. The molecule has 0 spiro atoms. The van der Waals surface area contributed by atoms with Crippen LogP contribution >= 0.6 is 23.2 Å². The molecule has 0 amide bonds. The Balaban J connectivity index is 2.11. The predicted octanol–water partition coefficient (Wildman–Crippen LogP) is 5.22. The highest BCUT2D eigenvalue weighted by molar-refractivity contribution is 6.30. The van der Waals surface area contributed by atoms with Crippen LogP contribution in [-0.2, 0) is 0 Å². The fourth-order valence-corrected chi connectivity index (χ4v) is 2.61. The van der Waals surface area contributed by atoms with Crippen LogP contribution in [0, 0.1) is 0 Å². The molecule has 0 radical (unpaired) electrons. The lowest BCUT2D eigenvalue weighted by Gasteiger charge is -2.13. The number of hydrogen-bond acceptors (Lipinski definition) is 1. The Morgan fingerprint density at radius 1 is 0.895 bits per heavy atom. The van der Waals surface area contributed by atoms with Crippen molar-refractivity contribution in [2.24, 2.45) is 0 Å². The Morgan fingerprint density at radius 2 is 1.63 bits per heavy atom. The Kier molecular flexibility index (Phi) is 3.41. The molecule has 2 aromatic carbocycles. The number of halogens is 2. The third-order valence-electron chi connectivity index (χ3n) is 3.12. The number of aromatic nitrogens is 1. The van der Waals surface area contributed by atoms with E-state index in [1.54, 1.807) is 6.20 Å². The summed E-state index contributed by atoms with van der Waals surface area (Å²) in [7, 11) is 0. The smallest absolute Gasteiger partial charge is 0.0842 e. The van der Waals surface area contributed by atoms with Crippen molar-refractivity contribution < 1.29 is 0 Å². The molecule has 1 nitrogen and oxygen atoms in total. The number of hydrogen-bond donors (Lipinski definition) is 0. The largest absolute Gasteiger partial charge is 0.256 e. The minimum Gasteiger partial charge on any atom is -0.256 e. The summed E-state index contributed by atoms with van der Waals surface area (Å²) >= 11 is 12.5. The Hall–Kier alpha value is -1.57. The van der Waals surface area contributed by atoms with Crippen LogP contribution in [-0.4, -0.2) is 4.98 Å². The molecule has 0 bridgehead atoms. The summed E-state index contributed by atoms with van der Waals surface area (Å²) in [5.74, 6) is 0. The van der Waals surface area contributed by atoms with Gasteiger partial charge in [-0.15, -0.1) is 11.6 Å². The van der Waals surface area contributed by atoms with Crippen molar-refractivity contribution in [3.63, 3.8) is 0 Å². The third kappa shape index (κ3) is 2.44. The zero-order chi connectivity index (χ0) is 13.2. The number of benzene rings is 2. The summed E-state index contributed by atoms with van der Waals surface area (Å²) in [6.07, 6.45) is 1.79. The van der Waals surface area contributed by atoms with Gasteiger partial charge in [-0.2, -0.15) is 0 Å². The lowest BCUT2D eigenvalue weighted by Crippen LogP contribution is -1.95. The van der Waals surface area contributed by atoms with Crippen molar-refractivity contribution in [2.45, 2.75) is 5.38 Å². The second-order valence-electron chi connectivity index (χ2n) is 4.33. The van der Waals surface area contributed by atoms with Gasteiger partial charge in [-0.1, -0.05) is 41.9 Å². The van der Waals surface area contributed by atoms with E-state index in [9.17, 15) is 0 Å². The summed E-state index contributed by atoms with van der Waals surface area (Å²) in [6, 6.07) is 17.6. The summed E-state index contributed by atoms with van der Waals surface area (Å²) in [5.41, 5.74) is 3.05. The zero-order valence-electron chi connectivity index (χ0n) is 10.1. The molecule has 1 aromatic heterocycles. The molecular formula is C16H11Cl2N. The number of alkyl halides is 1. The van der Waals surface area contributed by atoms with Gasteiger partial charge in [0.15, 0.2) is 0 Å². The lowest BCUT2D eigenvalue weighted by molar-refractivity contribution is 1.15. The van der Waals surface area contributed by atoms with E-state index in [4.69, 9.17) is 23.2 Å². The van der Waals surface area contributed by atoms with E-state index in [2.05, 4.69) is 4.98 Å². The minimum absolute atomic E-state index is 0.204. The first-order chi connectivity index (χ1) is 9.25. The molecule has 0 aliphatic heterocycles. The predicted molar refractivity (Wildman–Crippen MR) is 80.9 cm³/mol. The van der Waals surface area contributed by atoms with Gasteiger partial charge in [0.2, 0.25) is 0 Å². The number of fused-ring (bicyclic) bond motifs is 1. The van der Waals surface area contributed by atoms with Crippen LogP contribution in [0.1, 0.15) is 16.5 Å². The molecule has 19 heavy (non-hydrogen) atoms. The fourth-order valence-electron chi connectivity index (χ4n) is 2.15. The van der Waals surface area contributed by atoms with Crippen LogP contribution in [0.3, 0.4) is 0 Å². The molecule has 1 unspecified atom stereocenters. The van der Waals surface area contributed by atoms with Gasteiger partial charge in [0.05, 0.1) is 10.9 Å². The fraction of sp³-hybridized carbons (Fsp3) is 0.0625. The molecule has 3 heteroatoms. The SMILES string of the molecule is Clc1ccc(C(Cl)c2ccnc3ccccc23)cc1. The van der Waals surface area contributed by atoms with Crippen LogP contribution in [0.25, 0.3) is 10.9 Å². The van der Waals surface area contributed by atoms with E-state index in [0.717, 1.165) is 22.0 Å². The van der Waals surface area contributed by atoms with Gasteiger partial charge in [0.25, 0.3) is 0 Å². The maximum Gasteiger partial charge on any atom is 0.0842 e. The molecule has 1 atom stereocenters. The number of rotatable bonds is 2. The number of nitrogens with zero attached hydrogens (tertiary/aromatic N) is 1. The van der Waals surface area contributed by atoms with Crippen LogP contribution in [0.4, 0.5) is 0 Å². The van der Waals surface area contributed by atoms with Crippen LogP contribution in [0.2, 0.25) is 5.02 Å². The van der Waals surface area contributed by atoms with E-state index in [-0.39, 0.29) is 5.38 Å². The monoisotopic (exact) mass is 287 g/mol. The molecule has 0 aliphatic rings. The van der Waals surface area contributed by atoms with Crippen molar-refractivity contribution in [1.29, 1.82) is 0 Å². The molecular weight excluding hydrogens is 277 g/mol. The Labute approximate surface area is 121 Å². The standard InChI is InChI=1S/C16H11Cl2N/c17-12-7-5-11(6-8-12)16(18)14-9-10-19-15-4-2-1-3-13(14)15/h1-10,16H. The van der Waals surface area contributed by atoms with Gasteiger partial charge in [-0.25, -0.2) is 0 Å². The van der Waals surface area contributed by atoms with Crippen molar-refractivity contribution >= 4 is 34.1 Å². The van der Waals surface area contributed by atoms with Crippen molar-refractivity contribution in [2.75, 3.05) is 0 Å². The van der Waals surface area contributed by atoms with Gasteiger partial charge in [0, 0.05) is 16.6 Å². The summed E-state index contributed by atoms with van der Waals surface area (Å²) < 4.78 is 0. The third-order valence-corrected chi connectivity index (χ3v) is 3.86. The van der Waals surface area contributed by atoms with E-state index >= 15 is 0 Å². The molecule has 0 aliphatic carbocycles. The van der Waals surface area contributed by atoms with Gasteiger partial charge in [0.1, 0.15) is 0 Å². The van der Waals surface area contributed by atoms with Gasteiger partial charge in [-0.05, 0) is 35.4 Å². The quantitative estimate of drug-likeness (QED) is 0.589. The minimum atomic E-state index is -0.204. The first-order valence-corrected chi connectivity index (χ1v) is 6.80. The summed E-state index contributed by atoms with van der Waals surface area (Å²) in [5, 5.41) is 1.59. The summed E-state index contributed by atoms with van der Waals surface area (Å²) in [6.45, 7) is 0. The van der Waals surface area contributed by atoms with E-state index in [1.807, 2.05) is 54.6 Å². The average molecular weight is 288 g/mol. The highest BCUT2D eigenvalue weighted by Crippen LogP contribution is 2.33. The number of para-hydroxylation sites is 1. The van der Waals surface area contributed by atoms with E-state index in [0.29, 0.717) is 5.02 Å². The second kappa shape index (κ2) is 5.20. The Bertz CT molecular complexity index is 702. The maximum absolute atomic E-state index is 6.59. The normalized spacial score (nSPS) is 12.5. The summed E-state index contributed by atoms with van der Waals surface area (Å²) in [4.78, 5) is 4.35. The van der Waals surface area contributed by atoms with Crippen LogP contribution in [0.15, 0.2) is 60.8 Å². The van der Waals surface area contributed by atoms with Crippen molar-refractivity contribution in [3.05, 3.63) is 76.9 Å². The molecule has 94 valence electrons. The van der Waals surface area contributed by atoms with E-state index in [1.165, 1.54) is 0 Å². The molecule has 0 N–H and O–H groups in total. The lowest BCUT2D eigenvalue weighted by atomic mass is 10.0. The highest BCUT2D eigenvalue weighted by Gasteiger charge is 2.13. The van der Waals surface area contributed by atoms with Crippen molar-refractivity contribution in [1.82, 2.24) is 4.98 Å². The highest BCUT2D eigenvalue weighted by atomic mass is 35.5.